The van der Waals surface area contributed by atoms with Crippen LogP contribution in [-0.2, 0) is 16.0 Å². The second kappa shape index (κ2) is 9.66. The minimum atomic E-state index is -0.798. The predicted octanol–water partition coefficient (Wildman–Crippen LogP) is 4.97. The van der Waals surface area contributed by atoms with Gasteiger partial charge in [-0.1, -0.05) is 35.9 Å². The van der Waals surface area contributed by atoms with E-state index in [1.165, 1.54) is 17.0 Å². The van der Waals surface area contributed by atoms with Gasteiger partial charge < -0.3 is 19.6 Å². The number of rotatable bonds is 5. The molecule has 0 bridgehead atoms. The number of aliphatic hydroxyl groups is 1. The Hall–Kier alpha value is -3.84. The summed E-state index contributed by atoms with van der Waals surface area (Å²) in [6.45, 7) is 1.46. The first-order chi connectivity index (χ1) is 17.3. The highest BCUT2D eigenvalue weighted by molar-refractivity contribution is 6.46. The number of hydrogen-bond donors (Lipinski definition) is 1. The SMILES string of the molecule is CN1CCOc2ccc(/C(O)=C3/C(=O)C(=O)N(CCc4ccc(F)cc4)C3c3ccc(Cl)cc3)cc21. The van der Waals surface area contributed by atoms with Gasteiger partial charge in [0.25, 0.3) is 11.7 Å². The van der Waals surface area contributed by atoms with Crippen molar-refractivity contribution in [2.24, 2.45) is 0 Å². The topological polar surface area (TPSA) is 70.1 Å². The number of carbonyl (C=O) groups excluding carboxylic acids is 2. The maximum atomic E-state index is 13.3. The van der Waals surface area contributed by atoms with Crippen LogP contribution in [0, 0.1) is 5.82 Å². The number of likely N-dealkylation sites (N-methyl/N-ethyl adjacent to an activating group) is 1. The van der Waals surface area contributed by atoms with E-state index in [4.69, 9.17) is 16.3 Å². The highest BCUT2D eigenvalue weighted by atomic mass is 35.5. The number of likely N-dealkylation sites (tertiary alicyclic amines) is 1. The van der Waals surface area contributed by atoms with E-state index in [0.29, 0.717) is 41.5 Å². The number of Topliss-reactive ketones (excluding diaryl/α,β-unsaturated/α-hetero) is 1. The highest BCUT2D eigenvalue weighted by Gasteiger charge is 2.45. The number of anilines is 1. The van der Waals surface area contributed by atoms with Crippen LogP contribution in [0.5, 0.6) is 5.75 Å². The quantitative estimate of drug-likeness (QED) is 0.300. The third kappa shape index (κ3) is 4.42. The molecule has 5 rings (SSSR count). The average molecular weight is 507 g/mol. The van der Waals surface area contributed by atoms with E-state index in [-0.39, 0.29) is 23.7 Å². The number of aliphatic hydroxyl groups excluding tert-OH is 1. The maximum absolute atomic E-state index is 13.3. The Morgan fingerprint density at radius 1 is 1.08 bits per heavy atom. The van der Waals surface area contributed by atoms with Crippen LogP contribution in [0.15, 0.2) is 72.3 Å². The zero-order valence-electron chi connectivity index (χ0n) is 19.6. The summed E-state index contributed by atoms with van der Waals surface area (Å²) >= 11 is 6.09. The van der Waals surface area contributed by atoms with Crippen LogP contribution in [0.1, 0.15) is 22.7 Å². The fourth-order valence-electron chi connectivity index (χ4n) is 4.66. The molecule has 0 saturated carbocycles. The molecule has 2 aliphatic rings. The van der Waals surface area contributed by atoms with Crippen molar-refractivity contribution in [2.45, 2.75) is 12.5 Å². The number of fused-ring (bicyclic) bond motifs is 1. The second-order valence-corrected chi connectivity index (χ2v) is 9.31. The number of carbonyl (C=O) groups is 2. The maximum Gasteiger partial charge on any atom is 0.295 e. The molecule has 184 valence electrons. The zero-order chi connectivity index (χ0) is 25.4. The molecule has 6 nitrogen and oxygen atoms in total. The monoisotopic (exact) mass is 506 g/mol. The van der Waals surface area contributed by atoms with Crippen molar-refractivity contribution in [1.82, 2.24) is 4.90 Å². The van der Waals surface area contributed by atoms with E-state index in [2.05, 4.69) is 0 Å². The van der Waals surface area contributed by atoms with Crippen LogP contribution < -0.4 is 9.64 Å². The summed E-state index contributed by atoms with van der Waals surface area (Å²) < 4.78 is 19.0. The number of ether oxygens (including phenoxy) is 1. The van der Waals surface area contributed by atoms with Gasteiger partial charge >= 0.3 is 0 Å². The Kier molecular flexibility index (Phi) is 6.41. The molecule has 36 heavy (non-hydrogen) atoms. The molecule has 8 heteroatoms. The molecule has 0 radical (unpaired) electrons. The fourth-order valence-corrected chi connectivity index (χ4v) is 4.78. The third-order valence-electron chi connectivity index (χ3n) is 6.61. The Morgan fingerprint density at radius 2 is 1.81 bits per heavy atom. The van der Waals surface area contributed by atoms with Gasteiger partial charge in [-0.2, -0.15) is 0 Å². The summed E-state index contributed by atoms with van der Waals surface area (Å²) in [7, 11) is 1.92. The second-order valence-electron chi connectivity index (χ2n) is 8.87. The summed E-state index contributed by atoms with van der Waals surface area (Å²) in [5.74, 6) is -1.36. The Balaban J connectivity index is 1.56. The van der Waals surface area contributed by atoms with Gasteiger partial charge in [0.15, 0.2) is 0 Å². The van der Waals surface area contributed by atoms with E-state index in [1.54, 1.807) is 54.6 Å². The number of hydrogen-bond acceptors (Lipinski definition) is 5. The first-order valence-electron chi connectivity index (χ1n) is 11.6. The number of benzene rings is 3. The van der Waals surface area contributed by atoms with Gasteiger partial charge in [0, 0.05) is 24.2 Å². The molecule has 1 fully saturated rings. The van der Waals surface area contributed by atoms with Gasteiger partial charge in [-0.3, -0.25) is 9.59 Å². The normalized spacial score (nSPS) is 18.8. The number of halogens is 2. The fraction of sp³-hybridized carbons (Fsp3) is 0.214. The molecule has 3 aromatic rings. The molecule has 2 aliphatic heterocycles. The molecular weight excluding hydrogens is 483 g/mol. The number of ketones is 1. The van der Waals surface area contributed by atoms with Crippen LogP contribution >= 0.6 is 11.6 Å². The predicted molar refractivity (Wildman–Crippen MR) is 136 cm³/mol. The Morgan fingerprint density at radius 3 is 2.53 bits per heavy atom. The lowest BCUT2D eigenvalue weighted by atomic mass is 9.95. The van der Waals surface area contributed by atoms with E-state index in [1.807, 2.05) is 11.9 Å². The molecule has 0 spiro atoms. The lowest BCUT2D eigenvalue weighted by molar-refractivity contribution is -0.139. The summed E-state index contributed by atoms with van der Waals surface area (Å²) in [6, 6.07) is 17.3. The molecule has 3 aromatic carbocycles. The molecule has 1 N–H and O–H groups in total. The first-order valence-corrected chi connectivity index (χ1v) is 12.0. The Labute approximate surface area is 213 Å². The largest absolute Gasteiger partial charge is 0.507 e. The van der Waals surface area contributed by atoms with Crippen molar-refractivity contribution in [2.75, 3.05) is 31.6 Å². The molecule has 1 atom stereocenters. The number of amides is 1. The molecule has 1 saturated heterocycles. The van der Waals surface area contributed by atoms with Crippen molar-refractivity contribution in [3.05, 3.63) is 99.8 Å². The van der Waals surface area contributed by atoms with E-state index < -0.39 is 17.7 Å². The smallest absolute Gasteiger partial charge is 0.295 e. The minimum Gasteiger partial charge on any atom is -0.507 e. The molecular formula is C28H24ClFN2O4. The van der Waals surface area contributed by atoms with Crippen LogP contribution in [-0.4, -0.2) is 48.4 Å². The van der Waals surface area contributed by atoms with Crippen LogP contribution in [0.4, 0.5) is 10.1 Å². The summed E-state index contributed by atoms with van der Waals surface area (Å²) in [5.41, 5.74) is 2.70. The van der Waals surface area contributed by atoms with Gasteiger partial charge in [-0.15, -0.1) is 0 Å². The van der Waals surface area contributed by atoms with Crippen LogP contribution in [0.3, 0.4) is 0 Å². The zero-order valence-corrected chi connectivity index (χ0v) is 20.3. The van der Waals surface area contributed by atoms with Gasteiger partial charge in [-0.25, -0.2) is 4.39 Å². The molecule has 1 amide bonds. The lowest BCUT2D eigenvalue weighted by Gasteiger charge is -2.28. The van der Waals surface area contributed by atoms with Gasteiger partial charge in [0.2, 0.25) is 0 Å². The molecule has 0 aliphatic carbocycles. The van der Waals surface area contributed by atoms with E-state index in [0.717, 1.165) is 11.3 Å². The van der Waals surface area contributed by atoms with Crippen molar-refractivity contribution in [1.29, 1.82) is 0 Å². The summed E-state index contributed by atoms with van der Waals surface area (Å²) in [5, 5.41) is 11.9. The Bertz CT molecular complexity index is 1350. The van der Waals surface area contributed by atoms with Gasteiger partial charge in [0.05, 0.1) is 23.8 Å². The summed E-state index contributed by atoms with van der Waals surface area (Å²) in [6.07, 6.45) is 0.415. The first kappa shape index (κ1) is 23.9. The molecule has 0 aromatic heterocycles. The average Bonchev–Trinajstić information content (AvgIpc) is 3.13. The van der Waals surface area contributed by atoms with Crippen molar-refractivity contribution < 1.29 is 23.8 Å². The van der Waals surface area contributed by atoms with E-state index in [9.17, 15) is 19.1 Å². The van der Waals surface area contributed by atoms with Crippen LogP contribution in [0.2, 0.25) is 5.02 Å². The van der Waals surface area contributed by atoms with Crippen molar-refractivity contribution in [3.63, 3.8) is 0 Å². The van der Waals surface area contributed by atoms with Gasteiger partial charge in [-0.05, 0) is 60.0 Å². The summed E-state index contributed by atoms with van der Waals surface area (Å²) in [4.78, 5) is 29.9. The van der Waals surface area contributed by atoms with Crippen molar-refractivity contribution >= 4 is 34.7 Å². The van der Waals surface area contributed by atoms with E-state index >= 15 is 0 Å². The highest BCUT2D eigenvalue weighted by Crippen LogP contribution is 2.41. The van der Waals surface area contributed by atoms with Crippen LogP contribution in [0.25, 0.3) is 5.76 Å². The standard InChI is InChI=1S/C28H24ClFN2O4/c1-31-14-15-36-23-11-6-19(16-22(23)31)26(33)24-25(18-4-7-20(29)8-5-18)32(28(35)27(24)34)13-12-17-2-9-21(30)10-3-17/h2-11,16,25,33H,12-15H2,1H3/b26-24-. The number of nitrogens with zero attached hydrogens (tertiary/aromatic N) is 2. The molecule has 1 unspecified atom stereocenters. The van der Waals surface area contributed by atoms with Gasteiger partial charge in [0.1, 0.15) is 23.9 Å². The van der Waals surface area contributed by atoms with Crippen molar-refractivity contribution in [3.8, 4) is 5.75 Å². The minimum absolute atomic E-state index is 0.0146. The third-order valence-corrected chi connectivity index (χ3v) is 6.86. The lowest BCUT2D eigenvalue weighted by Crippen LogP contribution is -2.31. The molecule has 2 heterocycles.